The number of nitrogens with zero attached hydrogens (tertiary/aromatic N) is 2. The van der Waals surface area contributed by atoms with E-state index in [1.54, 1.807) is 0 Å². The SMILES string of the molecule is CC1CCCNC1CC(=O)N1CCN2CCCCC2C1. The van der Waals surface area contributed by atoms with E-state index < -0.39 is 0 Å². The van der Waals surface area contributed by atoms with Crippen molar-refractivity contribution in [3.05, 3.63) is 0 Å². The number of amides is 1. The molecule has 0 spiro atoms. The molecule has 1 N–H and O–H groups in total. The van der Waals surface area contributed by atoms with Crippen molar-refractivity contribution < 1.29 is 4.79 Å². The van der Waals surface area contributed by atoms with Gasteiger partial charge < -0.3 is 10.2 Å². The molecule has 0 bridgehead atoms. The zero-order valence-electron chi connectivity index (χ0n) is 12.8. The van der Waals surface area contributed by atoms with Crippen LogP contribution in [0.25, 0.3) is 0 Å². The van der Waals surface area contributed by atoms with Gasteiger partial charge in [-0.25, -0.2) is 0 Å². The Morgan fingerprint density at radius 3 is 2.90 bits per heavy atom. The van der Waals surface area contributed by atoms with Gasteiger partial charge in [-0.3, -0.25) is 9.69 Å². The minimum atomic E-state index is 0.376. The average molecular weight is 279 g/mol. The zero-order valence-corrected chi connectivity index (χ0v) is 12.8. The Morgan fingerprint density at radius 1 is 1.15 bits per heavy atom. The first-order valence-electron chi connectivity index (χ1n) is 8.49. The highest BCUT2D eigenvalue weighted by Gasteiger charge is 2.32. The number of nitrogens with one attached hydrogen (secondary N) is 1. The molecule has 4 nitrogen and oxygen atoms in total. The van der Waals surface area contributed by atoms with Crippen LogP contribution in [0.5, 0.6) is 0 Å². The second-order valence-corrected chi connectivity index (χ2v) is 6.91. The fourth-order valence-corrected chi connectivity index (χ4v) is 4.09. The molecule has 3 fully saturated rings. The van der Waals surface area contributed by atoms with Crippen LogP contribution in [0, 0.1) is 5.92 Å². The molecule has 114 valence electrons. The molecular weight excluding hydrogens is 250 g/mol. The van der Waals surface area contributed by atoms with Crippen LogP contribution in [0.1, 0.15) is 45.4 Å². The van der Waals surface area contributed by atoms with Crippen molar-refractivity contribution in [2.75, 3.05) is 32.7 Å². The topological polar surface area (TPSA) is 35.6 Å². The molecule has 1 amide bonds. The highest BCUT2D eigenvalue weighted by Crippen LogP contribution is 2.23. The van der Waals surface area contributed by atoms with Gasteiger partial charge in [0, 0.05) is 38.1 Å². The van der Waals surface area contributed by atoms with Crippen molar-refractivity contribution in [2.24, 2.45) is 5.92 Å². The number of fused-ring (bicyclic) bond motifs is 1. The minimum Gasteiger partial charge on any atom is -0.340 e. The third-order valence-electron chi connectivity index (χ3n) is 5.51. The molecule has 0 aromatic heterocycles. The summed E-state index contributed by atoms with van der Waals surface area (Å²) in [6, 6.07) is 1.04. The largest absolute Gasteiger partial charge is 0.340 e. The molecule has 3 saturated heterocycles. The Balaban J connectivity index is 1.52. The predicted molar refractivity (Wildman–Crippen MR) is 80.6 cm³/mol. The van der Waals surface area contributed by atoms with Crippen LogP contribution in [0.4, 0.5) is 0 Å². The summed E-state index contributed by atoms with van der Waals surface area (Å²) < 4.78 is 0. The summed E-state index contributed by atoms with van der Waals surface area (Å²) in [5.74, 6) is 1.02. The quantitative estimate of drug-likeness (QED) is 0.831. The highest BCUT2D eigenvalue weighted by atomic mass is 16.2. The third-order valence-corrected chi connectivity index (χ3v) is 5.51. The third kappa shape index (κ3) is 3.17. The molecule has 3 atom stereocenters. The van der Waals surface area contributed by atoms with Crippen LogP contribution in [0.15, 0.2) is 0 Å². The second-order valence-electron chi connectivity index (χ2n) is 6.91. The lowest BCUT2D eigenvalue weighted by atomic mass is 9.90. The van der Waals surface area contributed by atoms with Crippen molar-refractivity contribution in [3.8, 4) is 0 Å². The maximum absolute atomic E-state index is 12.6. The van der Waals surface area contributed by atoms with E-state index in [1.807, 2.05) is 0 Å². The number of hydrogen-bond acceptors (Lipinski definition) is 3. The molecule has 4 heteroatoms. The van der Waals surface area contributed by atoms with Crippen molar-refractivity contribution in [1.82, 2.24) is 15.1 Å². The maximum Gasteiger partial charge on any atom is 0.224 e. The van der Waals surface area contributed by atoms with Gasteiger partial charge in [-0.1, -0.05) is 13.3 Å². The highest BCUT2D eigenvalue weighted by molar-refractivity contribution is 5.77. The van der Waals surface area contributed by atoms with Gasteiger partial charge in [0.2, 0.25) is 5.91 Å². The summed E-state index contributed by atoms with van der Waals surface area (Å²) in [4.78, 5) is 17.3. The smallest absolute Gasteiger partial charge is 0.224 e. The van der Waals surface area contributed by atoms with E-state index in [-0.39, 0.29) is 0 Å². The molecule has 0 aromatic carbocycles. The fourth-order valence-electron chi connectivity index (χ4n) is 4.09. The molecule has 0 radical (unpaired) electrons. The Hall–Kier alpha value is -0.610. The van der Waals surface area contributed by atoms with Crippen molar-refractivity contribution in [1.29, 1.82) is 0 Å². The van der Waals surface area contributed by atoms with Crippen LogP contribution in [-0.2, 0) is 4.79 Å². The summed E-state index contributed by atoms with van der Waals surface area (Å²) in [6.07, 6.45) is 7.18. The van der Waals surface area contributed by atoms with Crippen LogP contribution < -0.4 is 5.32 Å². The zero-order chi connectivity index (χ0) is 13.9. The van der Waals surface area contributed by atoms with E-state index in [0.29, 0.717) is 30.3 Å². The molecule has 3 aliphatic rings. The number of hydrogen-bond donors (Lipinski definition) is 1. The first kappa shape index (κ1) is 14.3. The van der Waals surface area contributed by atoms with Gasteiger partial charge in [-0.2, -0.15) is 0 Å². The number of carbonyl (C=O) groups excluding carboxylic acids is 1. The maximum atomic E-state index is 12.6. The molecule has 0 aromatic rings. The lowest BCUT2D eigenvalue weighted by Crippen LogP contribution is -2.57. The molecule has 3 rings (SSSR count). The van der Waals surface area contributed by atoms with Crippen LogP contribution in [0.2, 0.25) is 0 Å². The predicted octanol–water partition coefficient (Wildman–Crippen LogP) is 1.46. The van der Waals surface area contributed by atoms with Crippen LogP contribution in [0.3, 0.4) is 0 Å². The Bertz CT molecular complexity index is 347. The van der Waals surface area contributed by atoms with Crippen molar-refractivity contribution in [3.63, 3.8) is 0 Å². The number of piperidine rings is 2. The van der Waals surface area contributed by atoms with E-state index in [9.17, 15) is 4.79 Å². The van der Waals surface area contributed by atoms with E-state index in [2.05, 4.69) is 22.0 Å². The lowest BCUT2D eigenvalue weighted by molar-refractivity contribution is -0.135. The van der Waals surface area contributed by atoms with Crippen molar-refractivity contribution >= 4 is 5.91 Å². The first-order chi connectivity index (χ1) is 9.74. The Kier molecular flexibility index (Phi) is 4.61. The van der Waals surface area contributed by atoms with Gasteiger partial charge >= 0.3 is 0 Å². The summed E-state index contributed by atoms with van der Waals surface area (Å²) >= 11 is 0. The lowest BCUT2D eigenvalue weighted by Gasteiger charge is -2.44. The monoisotopic (exact) mass is 279 g/mol. The molecular formula is C16H29N3O. The van der Waals surface area contributed by atoms with Gasteiger partial charge in [0.15, 0.2) is 0 Å². The minimum absolute atomic E-state index is 0.376. The number of piperazine rings is 1. The molecule has 0 aliphatic carbocycles. The summed E-state index contributed by atoms with van der Waals surface area (Å²) in [7, 11) is 0. The van der Waals surface area contributed by atoms with E-state index in [4.69, 9.17) is 0 Å². The van der Waals surface area contributed by atoms with E-state index in [1.165, 1.54) is 38.6 Å². The molecule has 3 unspecified atom stereocenters. The second kappa shape index (κ2) is 6.44. The molecule has 0 saturated carbocycles. The van der Waals surface area contributed by atoms with Crippen LogP contribution >= 0.6 is 0 Å². The first-order valence-corrected chi connectivity index (χ1v) is 8.49. The average Bonchev–Trinajstić information content (AvgIpc) is 2.49. The normalized spacial score (nSPS) is 35.6. The van der Waals surface area contributed by atoms with Gasteiger partial charge in [0.05, 0.1) is 0 Å². The van der Waals surface area contributed by atoms with Gasteiger partial charge in [0.25, 0.3) is 0 Å². The molecule has 20 heavy (non-hydrogen) atoms. The molecule has 3 aliphatic heterocycles. The summed E-state index contributed by atoms with van der Waals surface area (Å²) in [5, 5.41) is 3.54. The van der Waals surface area contributed by atoms with Gasteiger partial charge in [0.1, 0.15) is 0 Å². The Labute approximate surface area is 122 Å². The van der Waals surface area contributed by atoms with Crippen molar-refractivity contribution in [2.45, 2.75) is 57.5 Å². The van der Waals surface area contributed by atoms with E-state index >= 15 is 0 Å². The van der Waals surface area contributed by atoms with Gasteiger partial charge in [-0.05, 0) is 44.7 Å². The van der Waals surface area contributed by atoms with E-state index in [0.717, 1.165) is 26.2 Å². The summed E-state index contributed by atoms with van der Waals surface area (Å²) in [5.41, 5.74) is 0. The standard InChI is InChI=1S/C16H29N3O/c1-13-5-4-7-17-15(13)11-16(20)19-10-9-18-8-3-2-6-14(18)12-19/h13-15,17H,2-12H2,1H3. The molecule has 3 heterocycles. The number of carbonyl (C=O) groups is 1. The Morgan fingerprint density at radius 2 is 2.05 bits per heavy atom. The van der Waals surface area contributed by atoms with Crippen LogP contribution in [-0.4, -0.2) is 60.5 Å². The number of rotatable bonds is 2. The van der Waals surface area contributed by atoms with Gasteiger partial charge in [-0.15, -0.1) is 0 Å². The fraction of sp³-hybridized carbons (Fsp3) is 0.938. The summed E-state index contributed by atoms with van der Waals surface area (Å²) in [6.45, 7) is 7.61.